The number of hydrogen-bond donors (Lipinski definition) is 0. The minimum absolute atomic E-state index is 0.595. The molecule has 19 heavy (non-hydrogen) atoms. The topological polar surface area (TPSA) is 27.7 Å². The Bertz CT molecular complexity index is 237. The van der Waals surface area contributed by atoms with Crippen molar-refractivity contribution >= 4 is 26.6 Å². The molecule has 2 aliphatic rings. The molecule has 0 aromatic carbocycles. The molecule has 2 rings (SSSR count). The Kier molecular flexibility index (Phi) is 8.76. The van der Waals surface area contributed by atoms with Crippen molar-refractivity contribution < 1.29 is 13.0 Å². The van der Waals surface area contributed by atoms with E-state index in [2.05, 4.69) is 26.6 Å². The second kappa shape index (κ2) is 9.46. The first-order valence-corrected chi connectivity index (χ1v) is 15.4. The highest BCUT2D eigenvalue weighted by atomic mass is 28.4. The van der Waals surface area contributed by atoms with Gasteiger partial charge in [-0.3, -0.25) is 0 Å². The second-order valence-corrected chi connectivity index (χ2v) is 14.9. The van der Waals surface area contributed by atoms with Gasteiger partial charge in [0.1, 0.15) is 0 Å². The van der Waals surface area contributed by atoms with Crippen LogP contribution in [-0.2, 0) is 13.0 Å². The van der Waals surface area contributed by atoms with Gasteiger partial charge in [-0.2, -0.15) is 0 Å². The molecule has 3 unspecified atom stereocenters. The summed E-state index contributed by atoms with van der Waals surface area (Å²) < 4.78 is 17.3. The molecule has 2 aliphatic heterocycles. The van der Waals surface area contributed by atoms with Crippen LogP contribution in [-0.4, -0.2) is 39.9 Å². The molecule has 6 heteroatoms. The van der Waals surface area contributed by atoms with E-state index < -0.39 is 26.6 Å². The van der Waals surface area contributed by atoms with E-state index in [1.807, 2.05) is 0 Å². The molecule has 0 aromatic heterocycles. The summed E-state index contributed by atoms with van der Waals surface area (Å²) in [5, 5.41) is 0. The summed E-state index contributed by atoms with van der Waals surface area (Å²) in [6, 6.07) is 3.84. The van der Waals surface area contributed by atoms with E-state index >= 15 is 0 Å². The zero-order chi connectivity index (χ0) is 14.1. The standard InChI is InChI=1S/C8H20O2Si2.C5H12OSi/c1-4-12(3)9-7-5-6-8-11(2)10-12;1-7-5-3-2-4-6-7/h11H,4-8H2,1-3H3;7H,2-5H2,1H3. The lowest BCUT2D eigenvalue weighted by Gasteiger charge is -2.31. The number of rotatable bonds is 1. The van der Waals surface area contributed by atoms with E-state index in [9.17, 15) is 0 Å². The third kappa shape index (κ3) is 7.77. The Labute approximate surface area is 123 Å². The van der Waals surface area contributed by atoms with Gasteiger partial charge in [-0.05, 0) is 50.6 Å². The third-order valence-electron chi connectivity index (χ3n) is 3.91. The average Bonchev–Trinajstić information content (AvgIpc) is 2.38. The molecule has 2 heterocycles. The predicted molar refractivity (Wildman–Crippen MR) is 89.2 cm³/mol. The van der Waals surface area contributed by atoms with E-state index in [0.717, 1.165) is 19.3 Å². The van der Waals surface area contributed by atoms with E-state index in [-0.39, 0.29) is 0 Å². The summed E-state index contributed by atoms with van der Waals surface area (Å²) in [4.78, 5) is 0. The van der Waals surface area contributed by atoms with Gasteiger partial charge in [-0.15, -0.1) is 0 Å². The summed E-state index contributed by atoms with van der Waals surface area (Å²) in [5.41, 5.74) is 0. The first kappa shape index (κ1) is 17.6. The van der Waals surface area contributed by atoms with Crippen molar-refractivity contribution in [2.24, 2.45) is 0 Å². The van der Waals surface area contributed by atoms with Crippen molar-refractivity contribution in [3.05, 3.63) is 0 Å². The Morgan fingerprint density at radius 3 is 2.11 bits per heavy atom. The summed E-state index contributed by atoms with van der Waals surface area (Å²) >= 11 is 0. The summed E-state index contributed by atoms with van der Waals surface area (Å²) in [5.74, 6) is 0. The second-order valence-electron chi connectivity index (χ2n) is 5.94. The van der Waals surface area contributed by atoms with Crippen LogP contribution in [0.15, 0.2) is 0 Å². The van der Waals surface area contributed by atoms with Gasteiger partial charge in [0.05, 0.1) is 0 Å². The highest BCUT2D eigenvalue weighted by Gasteiger charge is 2.32. The molecule has 0 radical (unpaired) electrons. The van der Waals surface area contributed by atoms with E-state index in [4.69, 9.17) is 13.0 Å². The van der Waals surface area contributed by atoms with Crippen LogP contribution in [0.25, 0.3) is 0 Å². The molecule has 2 fully saturated rings. The Balaban J connectivity index is 0.000000218. The fourth-order valence-electron chi connectivity index (χ4n) is 2.43. The van der Waals surface area contributed by atoms with Crippen molar-refractivity contribution in [3.8, 4) is 0 Å². The first-order chi connectivity index (χ1) is 9.06. The molecule has 0 saturated carbocycles. The Hall–Kier alpha value is 0.531. The zero-order valence-electron chi connectivity index (χ0n) is 13.2. The van der Waals surface area contributed by atoms with E-state index in [1.165, 1.54) is 37.8 Å². The fraction of sp³-hybridized carbons (Fsp3) is 1.00. The smallest absolute Gasteiger partial charge is 0.324 e. The van der Waals surface area contributed by atoms with Gasteiger partial charge in [0.2, 0.25) is 0 Å². The van der Waals surface area contributed by atoms with Crippen LogP contribution in [0.4, 0.5) is 0 Å². The predicted octanol–water partition coefficient (Wildman–Crippen LogP) is 3.41. The van der Waals surface area contributed by atoms with Crippen molar-refractivity contribution in [1.29, 1.82) is 0 Å². The van der Waals surface area contributed by atoms with Crippen molar-refractivity contribution in [2.75, 3.05) is 13.2 Å². The molecule has 0 aliphatic carbocycles. The van der Waals surface area contributed by atoms with Crippen molar-refractivity contribution in [1.82, 2.24) is 0 Å². The van der Waals surface area contributed by atoms with E-state index in [0.29, 0.717) is 0 Å². The summed E-state index contributed by atoms with van der Waals surface area (Å²) in [7, 11) is -3.16. The highest BCUT2D eigenvalue weighted by molar-refractivity contribution is 6.74. The molecule has 3 atom stereocenters. The van der Waals surface area contributed by atoms with Crippen LogP contribution in [0.2, 0.25) is 37.8 Å². The van der Waals surface area contributed by atoms with Gasteiger partial charge in [0, 0.05) is 13.2 Å². The zero-order valence-corrected chi connectivity index (χ0v) is 16.6. The fourth-order valence-corrected chi connectivity index (χ4v) is 10.5. The SMILES string of the molecule is CC[Si]1(C)OCCCC[SiH](C)O1.C[SiH]1CCCCO1. The molecular formula is C13H32O3Si3. The van der Waals surface area contributed by atoms with Crippen LogP contribution in [0.1, 0.15) is 32.6 Å². The van der Waals surface area contributed by atoms with Crippen molar-refractivity contribution in [3.63, 3.8) is 0 Å². The van der Waals surface area contributed by atoms with Crippen LogP contribution in [0, 0.1) is 0 Å². The lowest BCUT2D eigenvalue weighted by Crippen LogP contribution is -2.43. The van der Waals surface area contributed by atoms with Gasteiger partial charge in [-0.1, -0.05) is 19.8 Å². The minimum Gasteiger partial charge on any atom is -0.439 e. The molecule has 2 saturated heterocycles. The maximum atomic E-state index is 6.08. The third-order valence-corrected chi connectivity index (χ3v) is 12.9. The first-order valence-electron chi connectivity index (χ1n) is 7.99. The normalized spacial score (nSPS) is 36.6. The monoisotopic (exact) mass is 320 g/mol. The Morgan fingerprint density at radius 2 is 1.58 bits per heavy atom. The maximum Gasteiger partial charge on any atom is 0.324 e. The van der Waals surface area contributed by atoms with Crippen LogP contribution in [0.3, 0.4) is 0 Å². The van der Waals surface area contributed by atoms with Crippen LogP contribution in [0.5, 0.6) is 0 Å². The van der Waals surface area contributed by atoms with E-state index in [1.54, 1.807) is 0 Å². The van der Waals surface area contributed by atoms with Gasteiger partial charge >= 0.3 is 8.56 Å². The van der Waals surface area contributed by atoms with Crippen LogP contribution < -0.4 is 0 Å². The van der Waals surface area contributed by atoms with Crippen LogP contribution >= 0.6 is 0 Å². The minimum atomic E-state index is -1.69. The molecule has 0 bridgehead atoms. The largest absolute Gasteiger partial charge is 0.439 e. The molecule has 0 N–H and O–H groups in total. The summed E-state index contributed by atoms with van der Waals surface area (Å²) in [6.45, 7) is 11.0. The molecule has 0 amide bonds. The average molecular weight is 321 g/mol. The summed E-state index contributed by atoms with van der Waals surface area (Å²) in [6.07, 6.45) is 5.27. The van der Waals surface area contributed by atoms with Gasteiger partial charge in [0.25, 0.3) is 0 Å². The van der Waals surface area contributed by atoms with Gasteiger partial charge in [-0.25, -0.2) is 0 Å². The Morgan fingerprint density at radius 1 is 0.947 bits per heavy atom. The van der Waals surface area contributed by atoms with Gasteiger partial charge < -0.3 is 13.0 Å². The number of hydrogen-bond acceptors (Lipinski definition) is 3. The highest BCUT2D eigenvalue weighted by Crippen LogP contribution is 2.20. The lowest BCUT2D eigenvalue weighted by atomic mass is 10.4. The van der Waals surface area contributed by atoms with Gasteiger partial charge in [0.15, 0.2) is 18.1 Å². The molecule has 114 valence electrons. The van der Waals surface area contributed by atoms with Crippen molar-refractivity contribution in [2.45, 2.75) is 70.4 Å². The quantitative estimate of drug-likeness (QED) is 0.693. The molecule has 0 aromatic rings. The maximum absolute atomic E-state index is 6.08. The molecule has 0 spiro atoms. The lowest BCUT2D eigenvalue weighted by molar-refractivity contribution is 0.230. The molecule has 3 nitrogen and oxygen atoms in total. The molecular weight excluding hydrogens is 288 g/mol.